The van der Waals surface area contributed by atoms with Crippen molar-refractivity contribution in [3.8, 4) is 0 Å². The number of aromatic carboxylic acids is 1. The molecule has 0 saturated carbocycles. The largest absolute Gasteiger partial charge is 0.478 e. The van der Waals surface area contributed by atoms with Crippen LogP contribution in [0.5, 0.6) is 0 Å². The highest BCUT2D eigenvalue weighted by atomic mass is 16.4. The van der Waals surface area contributed by atoms with E-state index in [1.807, 2.05) is 0 Å². The lowest BCUT2D eigenvalue weighted by atomic mass is 10.0. The van der Waals surface area contributed by atoms with E-state index in [2.05, 4.69) is 10.6 Å². The number of amides is 2. The number of nitrogens with zero attached hydrogens (tertiary/aromatic N) is 2. The van der Waals surface area contributed by atoms with E-state index in [-0.39, 0.29) is 28.5 Å². The molecule has 0 radical (unpaired) electrons. The molecule has 2 saturated heterocycles. The Kier molecular flexibility index (Phi) is 5.30. The summed E-state index contributed by atoms with van der Waals surface area (Å²) in [6, 6.07) is 4.21. The fraction of sp³-hybridized carbons (Fsp3) is 0.471. The summed E-state index contributed by atoms with van der Waals surface area (Å²) in [5.74, 6) is -1.62. The zero-order valence-corrected chi connectivity index (χ0v) is 14.0. The number of nitrogens with one attached hydrogen (secondary N) is 2. The zero-order valence-electron chi connectivity index (χ0n) is 14.0. The Bertz CT molecular complexity index is 631. The van der Waals surface area contributed by atoms with Crippen molar-refractivity contribution in [3.05, 3.63) is 34.9 Å². The van der Waals surface area contributed by atoms with Gasteiger partial charge in [0.1, 0.15) is 0 Å². The molecule has 2 heterocycles. The van der Waals surface area contributed by atoms with Crippen LogP contribution in [0.1, 0.15) is 31.1 Å². The van der Waals surface area contributed by atoms with Crippen LogP contribution in [0.4, 0.5) is 0 Å². The average Bonchev–Trinajstić information content (AvgIpc) is 2.67. The standard InChI is InChI=1S/C17H22N4O4/c22-15(20-5-1-18-2-6-20)12-9-13(11-14(10-12)17(24)25)16(23)21-7-3-19-4-8-21/h9-11,18-19H,1-8H2,(H,24,25). The van der Waals surface area contributed by atoms with Crippen molar-refractivity contribution in [2.24, 2.45) is 0 Å². The summed E-state index contributed by atoms with van der Waals surface area (Å²) >= 11 is 0. The molecule has 3 N–H and O–H groups in total. The first kappa shape index (κ1) is 17.4. The number of piperazine rings is 2. The molecule has 2 amide bonds. The van der Waals surface area contributed by atoms with Gasteiger partial charge < -0.3 is 25.5 Å². The van der Waals surface area contributed by atoms with Crippen LogP contribution in [0.3, 0.4) is 0 Å². The predicted molar refractivity (Wildman–Crippen MR) is 90.9 cm³/mol. The van der Waals surface area contributed by atoms with Crippen molar-refractivity contribution in [3.63, 3.8) is 0 Å². The van der Waals surface area contributed by atoms with Crippen LogP contribution in [-0.4, -0.2) is 85.0 Å². The number of carbonyl (C=O) groups is 3. The number of carbonyl (C=O) groups excluding carboxylic acids is 2. The van der Waals surface area contributed by atoms with Gasteiger partial charge in [-0.2, -0.15) is 0 Å². The summed E-state index contributed by atoms with van der Waals surface area (Å²) in [5, 5.41) is 15.7. The normalized spacial score (nSPS) is 18.1. The molecule has 2 aliphatic heterocycles. The van der Waals surface area contributed by atoms with Gasteiger partial charge in [-0.3, -0.25) is 9.59 Å². The zero-order chi connectivity index (χ0) is 17.8. The van der Waals surface area contributed by atoms with E-state index in [1.165, 1.54) is 18.2 Å². The first-order valence-corrected chi connectivity index (χ1v) is 8.44. The monoisotopic (exact) mass is 346 g/mol. The molecular formula is C17H22N4O4. The van der Waals surface area contributed by atoms with Gasteiger partial charge in [-0.25, -0.2) is 4.79 Å². The van der Waals surface area contributed by atoms with Gasteiger partial charge in [0.2, 0.25) is 0 Å². The number of hydrogen-bond donors (Lipinski definition) is 3. The molecule has 25 heavy (non-hydrogen) atoms. The van der Waals surface area contributed by atoms with Crippen molar-refractivity contribution in [2.45, 2.75) is 0 Å². The molecule has 0 atom stereocenters. The summed E-state index contributed by atoms with van der Waals surface area (Å²) in [5.41, 5.74) is 0.458. The third-order valence-electron chi connectivity index (χ3n) is 4.48. The minimum atomic E-state index is -1.15. The maximum Gasteiger partial charge on any atom is 0.335 e. The van der Waals surface area contributed by atoms with Crippen LogP contribution < -0.4 is 10.6 Å². The molecule has 1 aromatic rings. The average molecular weight is 346 g/mol. The number of rotatable bonds is 3. The second-order valence-electron chi connectivity index (χ2n) is 6.19. The maximum atomic E-state index is 12.7. The number of hydrogen-bond acceptors (Lipinski definition) is 5. The van der Waals surface area contributed by atoms with E-state index in [4.69, 9.17) is 0 Å². The third kappa shape index (κ3) is 3.97. The first-order valence-electron chi connectivity index (χ1n) is 8.44. The summed E-state index contributed by atoms with van der Waals surface area (Å²) in [6.45, 7) is 5.09. The van der Waals surface area contributed by atoms with E-state index in [0.29, 0.717) is 52.4 Å². The molecule has 1 aromatic carbocycles. The van der Waals surface area contributed by atoms with Crippen molar-refractivity contribution in [2.75, 3.05) is 52.4 Å². The van der Waals surface area contributed by atoms with E-state index in [1.54, 1.807) is 9.80 Å². The van der Waals surface area contributed by atoms with Crippen LogP contribution in [0, 0.1) is 0 Å². The molecule has 8 nitrogen and oxygen atoms in total. The van der Waals surface area contributed by atoms with Crippen molar-refractivity contribution in [1.82, 2.24) is 20.4 Å². The Morgan fingerprint density at radius 1 is 0.720 bits per heavy atom. The lowest BCUT2D eigenvalue weighted by Crippen LogP contribution is -2.47. The summed E-state index contributed by atoms with van der Waals surface area (Å²) in [7, 11) is 0. The van der Waals surface area contributed by atoms with E-state index in [0.717, 1.165) is 0 Å². The van der Waals surface area contributed by atoms with Crippen LogP contribution in [-0.2, 0) is 0 Å². The molecule has 3 rings (SSSR count). The molecule has 0 bridgehead atoms. The van der Waals surface area contributed by atoms with Gasteiger partial charge in [0, 0.05) is 63.5 Å². The summed E-state index contributed by atoms with van der Waals surface area (Å²) in [4.78, 5) is 40.2. The van der Waals surface area contributed by atoms with Crippen LogP contribution >= 0.6 is 0 Å². The SMILES string of the molecule is O=C(O)c1cc(C(=O)N2CCNCC2)cc(C(=O)N2CCNCC2)c1. The molecule has 8 heteroatoms. The Morgan fingerprint density at radius 3 is 1.44 bits per heavy atom. The number of carboxylic acid groups (broad SMARTS) is 1. The Labute approximate surface area is 145 Å². The van der Waals surface area contributed by atoms with Crippen molar-refractivity contribution >= 4 is 17.8 Å². The van der Waals surface area contributed by atoms with E-state index in [9.17, 15) is 19.5 Å². The fourth-order valence-corrected chi connectivity index (χ4v) is 3.10. The number of benzene rings is 1. The molecule has 2 fully saturated rings. The number of carboxylic acids is 1. The lowest BCUT2D eigenvalue weighted by Gasteiger charge is -2.29. The van der Waals surface area contributed by atoms with Crippen LogP contribution in [0.2, 0.25) is 0 Å². The molecule has 0 aromatic heterocycles. The van der Waals surface area contributed by atoms with Crippen molar-refractivity contribution in [1.29, 1.82) is 0 Å². The summed E-state index contributed by atoms with van der Waals surface area (Å²) < 4.78 is 0. The van der Waals surface area contributed by atoms with Crippen LogP contribution in [0.15, 0.2) is 18.2 Å². The Balaban J connectivity index is 1.89. The van der Waals surface area contributed by atoms with Gasteiger partial charge in [-0.1, -0.05) is 0 Å². The van der Waals surface area contributed by atoms with Crippen molar-refractivity contribution < 1.29 is 19.5 Å². The second kappa shape index (κ2) is 7.62. The fourth-order valence-electron chi connectivity index (χ4n) is 3.10. The van der Waals surface area contributed by atoms with Gasteiger partial charge in [-0.15, -0.1) is 0 Å². The highest BCUT2D eigenvalue weighted by Crippen LogP contribution is 2.16. The van der Waals surface area contributed by atoms with Gasteiger partial charge in [0.15, 0.2) is 0 Å². The first-order chi connectivity index (χ1) is 12.1. The minimum absolute atomic E-state index is 0.0422. The van der Waals surface area contributed by atoms with E-state index < -0.39 is 5.97 Å². The summed E-state index contributed by atoms with van der Waals surface area (Å²) in [6.07, 6.45) is 0. The molecular weight excluding hydrogens is 324 g/mol. The highest BCUT2D eigenvalue weighted by molar-refractivity contribution is 6.03. The molecule has 0 aliphatic carbocycles. The highest BCUT2D eigenvalue weighted by Gasteiger charge is 2.24. The molecule has 2 aliphatic rings. The molecule has 0 unspecified atom stereocenters. The minimum Gasteiger partial charge on any atom is -0.478 e. The van der Waals surface area contributed by atoms with Gasteiger partial charge in [0.05, 0.1) is 5.56 Å². The Hall–Kier alpha value is -2.45. The topological polar surface area (TPSA) is 102 Å². The maximum absolute atomic E-state index is 12.7. The van der Waals surface area contributed by atoms with Gasteiger partial charge in [-0.05, 0) is 18.2 Å². The van der Waals surface area contributed by atoms with Crippen LogP contribution in [0.25, 0.3) is 0 Å². The quantitative estimate of drug-likeness (QED) is 0.680. The third-order valence-corrected chi connectivity index (χ3v) is 4.48. The Morgan fingerprint density at radius 2 is 1.08 bits per heavy atom. The second-order valence-corrected chi connectivity index (χ2v) is 6.19. The van der Waals surface area contributed by atoms with Gasteiger partial charge in [0.25, 0.3) is 11.8 Å². The molecule has 134 valence electrons. The van der Waals surface area contributed by atoms with E-state index >= 15 is 0 Å². The molecule has 0 spiro atoms. The predicted octanol–water partition coefficient (Wildman–Crippen LogP) is -0.524. The lowest BCUT2D eigenvalue weighted by molar-refractivity contribution is 0.0697. The smallest absolute Gasteiger partial charge is 0.335 e. The van der Waals surface area contributed by atoms with Gasteiger partial charge >= 0.3 is 5.97 Å².